The van der Waals surface area contributed by atoms with Gasteiger partial charge in [0.1, 0.15) is 10.7 Å². The largest absolute Gasteiger partial charge is 0.493 e. The lowest BCUT2D eigenvalue weighted by molar-refractivity contribution is -0.123. The number of carbonyl (C=O) groups is 3. The summed E-state index contributed by atoms with van der Waals surface area (Å²) >= 11 is 5.40. The lowest BCUT2D eigenvalue weighted by atomic mass is 10.1. The van der Waals surface area contributed by atoms with Crippen LogP contribution in [-0.4, -0.2) is 29.1 Å². The van der Waals surface area contributed by atoms with Crippen LogP contribution < -0.4 is 9.47 Å². The Morgan fingerprint density at radius 3 is 2.67 bits per heavy atom. The number of imide groups is 1. The second kappa shape index (κ2) is 9.90. The van der Waals surface area contributed by atoms with Crippen molar-refractivity contribution >= 4 is 62.2 Å². The summed E-state index contributed by atoms with van der Waals surface area (Å²) in [5.41, 5.74) is 0.799. The number of thioether (sulfide) groups is 1. The Hall–Kier alpha value is -2.95. The van der Waals surface area contributed by atoms with E-state index in [2.05, 4.69) is 15.9 Å². The molecule has 1 aromatic heterocycles. The molecule has 0 spiro atoms. The minimum Gasteiger partial charge on any atom is -0.493 e. The molecule has 3 aromatic rings. The van der Waals surface area contributed by atoms with Gasteiger partial charge in [-0.15, -0.1) is 11.3 Å². The molecule has 4 rings (SSSR count). The maximum atomic E-state index is 14.0. The van der Waals surface area contributed by atoms with E-state index in [9.17, 15) is 18.8 Å². The van der Waals surface area contributed by atoms with Crippen LogP contribution in [0.1, 0.15) is 20.8 Å². The number of esters is 1. The van der Waals surface area contributed by atoms with E-state index >= 15 is 0 Å². The molecule has 1 aliphatic rings. The molecule has 6 nitrogen and oxygen atoms in total. The van der Waals surface area contributed by atoms with Crippen LogP contribution in [0.2, 0.25) is 0 Å². The predicted octanol–water partition coefficient (Wildman–Crippen LogP) is 6.11. The van der Waals surface area contributed by atoms with Crippen LogP contribution in [0.3, 0.4) is 0 Å². The first kappa shape index (κ1) is 23.2. The second-order valence-corrected chi connectivity index (χ2v) is 9.56. The van der Waals surface area contributed by atoms with E-state index in [4.69, 9.17) is 9.47 Å². The lowest BCUT2D eigenvalue weighted by Crippen LogP contribution is -2.27. The number of nitrogens with zero attached hydrogens (tertiary/aromatic N) is 1. The molecule has 2 heterocycles. The summed E-state index contributed by atoms with van der Waals surface area (Å²) in [6.45, 7) is -0.153. The van der Waals surface area contributed by atoms with E-state index in [1.54, 1.807) is 41.8 Å². The first-order valence-corrected chi connectivity index (χ1v) is 12.0. The molecule has 0 bridgehead atoms. The van der Waals surface area contributed by atoms with Crippen LogP contribution in [0.15, 0.2) is 63.3 Å². The van der Waals surface area contributed by atoms with Gasteiger partial charge in [-0.2, -0.15) is 0 Å². The number of benzene rings is 2. The van der Waals surface area contributed by atoms with Crippen LogP contribution in [0.4, 0.5) is 9.18 Å². The number of halogens is 2. The number of hydrogen-bond acceptors (Lipinski definition) is 7. The van der Waals surface area contributed by atoms with E-state index in [1.807, 2.05) is 0 Å². The van der Waals surface area contributed by atoms with Crippen LogP contribution in [0, 0.1) is 5.82 Å². The Morgan fingerprint density at radius 1 is 1.18 bits per heavy atom. The molecule has 0 saturated carbocycles. The Kier molecular flexibility index (Phi) is 6.96. The van der Waals surface area contributed by atoms with Gasteiger partial charge in [0.25, 0.3) is 11.1 Å². The molecule has 2 amide bonds. The number of carbonyl (C=O) groups excluding carboxylic acids is 3. The van der Waals surface area contributed by atoms with E-state index in [0.717, 1.165) is 16.7 Å². The van der Waals surface area contributed by atoms with E-state index in [0.29, 0.717) is 14.9 Å². The smallest absolute Gasteiger partial charge is 0.353 e. The number of rotatable bonds is 6. The Morgan fingerprint density at radius 2 is 1.97 bits per heavy atom. The SMILES string of the molecule is COc1cc(/C=C2\SC(=O)N(Cc3ccccc3F)C2=O)cc(Br)c1OC(=O)c1cccs1. The lowest BCUT2D eigenvalue weighted by Gasteiger charge is -2.13. The van der Waals surface area contributed by atoms with Crippen molar-refractivity contribution in [1.82, 2.24) is 4.90 Å². The van der Waals surface area contributed by atoms with Crippen molar-refractivity contribution in [2.45, 2.75) is 6.54 Å². The molecule has 1 aliphatic heterocycles. The Labute approximate surface area is 205 Å². The first-order valence-electron chi connectivity index (χ1n) is 9.49. The average molecular weight is 548 g/mol. The molecular formula is C23H15BrFNO5S2. The standard InChI is InChI=1S/C23H15BrFNO5S2/c1-30-17-10-13(9-15(24)20(17)31-22(28)18-7-4-8-32-18)11-19-21(27)26(23(29)33-19)12-14-5-2-3-6-16(14)25/h2-11H,12H2,1H3/b19-11-. The zero-order valence-electron chi connectivity index (χ0n) is 17.0. The highest BCUT2D eigenvalue weighted by Crippen LogP contribution is 2.40. The van der Waals surface area contributed by atoms with Gasteiger partial charge in [-0.3, -0.25) is 14.5 Å². The fraction of sp³-hybridized carbons (Fsp3) is 0.0870. The first-order chi connectivity index (χ1) is 15.9. The van der Waals surface area contributed by atoms with Gasteiger partial charge in [0.05, 0.1) is 23.0 Å². The Bertz CT molecular complexity index is 1280. The van der Waals surface area contributed by atoms with Crippen LogP contribution >= 0.6 is 39.0 Å². The third kappa shape index (κ3) is 5.02. The highest BCUT2D eigenvalue weighted by Gasteiger charge is 2.35. The summed E-state index contributed by atoms with van der Waals surface area (Å²) in [6, 6.07) is 12.6. The van der Waals surface area contributed by atoms with Crippen molar-refractivity contribution in [3.63, 3.8) is 0 Å². The number of amides is 2. The molecule has 2 aromatic carbocycles. The molecular weight excluding hydrogens is 533 g/mol. The zero-order valence-corrected chi connectivity index (χ0v) is 20.3. The number of thiophene rings is 1. The molecule has 0 atom stereocenters. The number of ether oxygens (including phenoxy) is 2. The van der Waals surface area contributed by atoms with Gasteiger partial charge in [0, 0.05) is 5.56 Å². The molecule has 0 N–H and O–H groups in total. The van der Waals surface area contributed by atoms with Crippen molar-refractivity contribution in [2.75, 3.05) is 7.11 Å². The summed E-state index contributed by atoms with van der Waals surface area (Å²) in [6.07, 6.45) is 1.53. The van der Waals surface area contributed by atoms with Gasteiger partial charge in [-0.25, -0.2) is 9.18 Å². The molecule has 0 radical (unpaired) electrons. The highest BCUT2D eigenvalue weighted by atomic mass is 79.9. The van der Waals surface area contributed by atoms with Crippen molar-refractivity contribution in [2.24, 2.45) is 0 Å². The van der Waals surface area contributed by atoms with Gasteiger partial charge >= 0.3 is 5.97 Å². The van der Waals surface area contributed by atoms with Gasteiger partial charge < -0.3 is 9.47 Å². The fourth-order valence-electron chi connectivity index (χ4n) is 3.04. The normalized spacial score (nSPS) is 14.8. The van der Waals surface area contributed by atoms with E-state index in [1.165, 1.54) is 36.7 Å². The van der Waals surface area contributed by atoms with Gasteiger partial charge in [-0.05, 0) is 69.0 Å². The maximum Gasteiger partial charge on any atom is 0.353 e. The third-order valence-corrected chi connectivity index (χ3v) is 6.97. The summed E-state index contributed by atoms with van der Waals surface area (Å²) in [5.74, 6) is -1.06. The highest BCUT2D eigenvalue weighted by molar-refractivity contribution is 9.10. The van der Waals surface area contributed by atoms with Crippen molar-refractivity contribution < 1.29 is 28.2 Å². The van der Waals surface area contributed by atoms with E-state index < -0.39 is 22.9 Å². The molecule has 0 aliphatic carbocycles. The molecule has 33 heavy (non-hydrogen) atoms. The maximum absolute atomic E-state index is 14.0. The minimum absolute atomic E-state index is 0.153. The third-order valence-electron chi connectivity index (χ3n) is 4.63. The predicted molar refractivity (Wildman–Crippen MR) is 128 cm³/mol. The van der Waals surface area contributed by atoms with E-state index in [-0.39, 0.29) is 28.5 Å². The minimum atomic E-state index is -0.522. The Balaban J connectivity index is 1.58. The molecule has 168 valence electrons. The zero-order chi connectivity index (χ0) is 23.5. The molecule has 0 unspecified atom stereocenters. The monoisotopic (exact) mass is 547 g/mol. The van der Waals surface area contributed by atoms with Gasteiger partial charge in [0.2, 0.25) is 0 Å². The summed E-state index contributed by atoms with van der Waals surface area (Å²) in [5, 5.41) is 1.28. The fourth-order valence-corrected chi connectivity index (χ4v) is 5.02. The van der Waals surface area contributed by atoms with Gasteiger partial charge in [-0.1, -0.05) is 24.3 Å². The van der Waals surface area contributed by atoms with Crippen molar-refractivity contribution in [3.8, 4) is 11.5 Å². The van der Waals surface area contributed by atoms with Crippen LogP contribution in [0.25, 0.3) is 6.08 Å². The topological polar surface area (TPSA) is 72.9 Å². The van der Waals surface area contributed by atoms with Crippen LogP contribution in [0.5, 0.6) is 11.5 Å². The molecule has 10 heteroatoms. The molecule has 1 fully saturated rings. The molecule has 1 saturated heterocycles. The summed E-state index contributed by atoms with van der Waals surface area (Å²) in [7, 11) is 1.43. The average Bonchev–Trinajstić information content (AvgIpc) is 3.42. The summed E-state index contributed by atoms with van der Waals surface area (Å²) < 4.78 is 25.2. The summed E-state index contributed by atoms with van der Waals surface area (Å²) in [4.78, 5) is 39.2. The van der Waals surface area contributed by atoms with Crippen molar-refractivity contribution in [1.29, 1.82) is 0 Å². The van der Waals surface area contributed by atoms with Crippen LogP contribution in [-0.2, 0) is 11.3 Å². The van der Waals surface area contributed by atoms with Gasteiger partial charge in [0.15, 0.2) is 11.5 Å². The number of methoxy groups -OCH3 is 1. The second-order valence-electron chi connectivity index (χ2n) is 6.76. The number of hydrogen-bond donors (Lipinski definition) is 0. The van der Waals surface area contributed by atoms with Crippen molar-refractivity contribution in [3.05, 3.63) is 85.1 Å². The quantitative estimate of drug-likeness (QED) is 0.210.